The zero-order chi connectivity index (χ0) is 10.7. The molecular weight excluding hydrogens is 184 g/mol. The van der Waals surface area contributed by atoms with E-state index in [1.54, 1.807) is 0 Å². The molecular formula is C13H20N2. The third kappa shape index (κ3) is 2.21. The molecule has 0 aliphatic carbocycles. The average Bonchev–Trinajstić information content (AvgIpc) is 2.30. The highest BCUT2D eigenvalue weighted by Crippen LogP contribution is 2.24. The quantitative estimate of drug-likeness (QED) is 0.793. The predicted octanol–water partition coefficient (Wildman–Crippen LogP) is 2.04. The lowest BCUT2D eigenvalue weighted by Gasteiger charge is -2.40. The van der Waals surface area contributed by atoms with Crippen molar-refractivity contribution in [2.75, 3.05) is 20.1 Å². The summed E-state index contributed by atoms with van der Waals surface area (Å²) < 4.78 is 0. The summed E-state index contributed by atoms with van der Waals surface area (Å²) in [4.78, 5) is 2.51. The van der Waals surface area contributed by atoms with Gasteiger partial charge in [0.15, 0.2) is 0 Å². The molecule has 2 nitrogen and oxygen atoms in total. The number of nitrogens with zero attached hydrogens (tertiary/aromatic N) is 1. The highest BCUT2D eigenvalue weighted by Gasteiger charge is 2.26. The SMILES string of the molecule is CCC1CNCC(c2ccccc2)N1C. The van der Waals surface area contributed by atoms with Crippen LogP contribution in [0.1, 0.15) is 24.9 Å². The van der Waals surface area contributed by atoms with E-state index in [9.17, 15) is 0 Å². The Hall–Kier alpha value is -0.860. The fourth-order valence-corrected chi connectivity index (χ4v) is 2.39. The molecule has 1 aliphatic rings. The number of hydrogen-bond acceptors (Lipinski definition) is 2. The predicted molar refractivity (Wildman–Crippen MR) is 63.9 cm³/mol. The van der Waals surface area contributed by atoms with Crippen molar-refractivity contribution in [2.24, 2.45) is 0 Å². The number of benzene rings is 1. The summed E-state index contributed by atoms with van der Waals surface area (Å²) in [6, 6.07) is 12.0. The molecule has 1 N–H and O–H groups in total. The van der Waals surface area contributed by atoms with Crippen LogP contribution in [-0.2, 0) is 0 Å². The zero-order valence-electron chi connectivity index (χ0n) is 9.61. The summed E-state index contributed by atoms with van der Waals surface area (Å²) in [5.41, 5.74) is 1.42. The molecule has 1 heterocycles. The number of piperazine rings is 1. The van der Waals surface area contributed by atoms with Crippen molar-refractivity contribution >= 4 is 0 Å². The van der Waals surface area contributed by atoms with E-state index in [1.807, 2.05) is 0 Å². The zero-order valence-corrected chi connectivity index (χ0v) is 9.61. The van der Waals surface area contributed by atoms with Crippen LogP contribution >= 0.6 is 0 Å². The minimum atomic E-state index is 0.532. The number of hydrogen-bond donors (Lipinski definition) is 1. The van der Waals surface area contributed by atoms with Gasteiger partial charge in [0.1, 0.15) is 0 Å². The minimum Gasteiger partial charge on any atom is -0.313 e. The molecule has 0 spiro atoms. The Morgan fingerprint density at radius 2 is 2.00 bits per heavy atom. The summed E-state index contributed by atoms with van der Waals surface area (Å²) in [7, 11) is 2.24. The maximum Gasteiger partial charge on any atom is 0.0473 e. The molecule has 2 unspecified atom stereocenters. The topological polar surface area (TPSA) is 15.3 Å². The van der Waals surface area contributed by atoms with Gasteiger partial charge >= 0.3 is 0 Å². The van der Waals surface area contributed by atoms with Crippen molar-refractivity contribution in [2.45, 2.75) is 25.4 Å². The largest absolute Gasteiger partial charge is 0.313 e. The monoisotopic (exact) mass is 204 g/mol. The normalized spacial score (nSPS) is 27.9. The number of likely N-dealkylation sites (N-methyl/N-ethyl adjacent to an activating group) is 1. The molecule has 1 aromatic carbocycles. The Bertz CT molecular complexity index is 297. The third-order valence-corrected chi connectivity index (χ3v) is 3.44. The summed E-state index contributed by atoms with van der Waals surface area (Å²) in [6.07, 6.45) is 1.22. The third-order valence-electron chi connectivity index (χ3n) is 3.44. The van der Waals surface area contributed by atoms with E-state index in [0.29, 0.717) is 12.1 Å². The molecule has 15 heavy (non-hydrogen) atoms. The first-order valence-corrected chi connectivity index (χ1v) is 5.80. The fourth-order valence-electron chi connectivity index (χ4n) is 2.39. The molecule has 0 radical (unpaired) electrons. The highest BCUT2D eigenvalue weighted by molar-refractivity contribution is 5.20. The van der Waals surface area contributed by atoms with Crippen LogP contribution < -0.4 is 5.32 Å². The molecule has 1 fully saturated rings. The van der Waals surface area contributed by atoms with Gasteiger partial charge in [0.05, 0.1) is 0 Å². The van der Waals surface area contributed by atoms with Crippen LogP contribution in [0.25, 0.3) is 0 Å². The van der Waals surface area contributed by atoms with E-state index in [2.05, 4.69) is 54.5 Å². The Morgan fingerprint density at radius 1 is 1.27 bits per heavy atom. The van der Waals surface area contributed by atoms with E-state index in [4.69, 9.17) is 0 Å². The molecule has 2 heteroatoms. The number of rotatable bonds is 2. The van der Waals surface area contributed by atoms with E-state index in [0.717, 1.165) is 13.1 Å². The van der Waals surface area contributed by atoms with E-state index in [1.165, 1.54) is 12.0 Å². The summed E-state index contributed by atoms with van der Waals surface area (Å²) in [5.74, 6) is 0. The molecule has 1 saturated heterocycles. The van der Waals surface area contributed by atoms with Gasteiger partial charge in [0.25, 0.3) is 0 Å². The van der Waals surface area contributed by atoms with Gasteiger partial charge < -0.3 is 5.32 Å². The lowest BCUT2D eigenvalue weighted by Crippen LogP contribution is -2.50. The van der Waals surface area contributed by atoms with Gasteiger partial charge in [0.2, 0.25) is 0 Å². The van der Waals surface area contributed by atoms with Crippen molar-refractivity contribution in [1.29, 1.82) is 0 Å². The maximum absolute atomic E-state index is 3.52. The summed E-state index contributed by atoms with van der Waals surface area (Å²) in [5, 5.41) is 3.52. The van der Waals surface area contributed by atoms with Crippen LogP contribution in [0, 0.1) is 0 Å². The molecule has 2 rings (SSSR count). The van der Waals surface area contributed by atoms with E-state index >= 15 is 0 Å². The maximum atomic E-state index is 3.52. The van der Waals surface area contributed by atoms with Crippen molar-refractivity contribution in [3.8, 4) is 0 Å². The van der Waals surface area contributed by atoms with Crippen LogP contribution in [0.5, 0.6) is 0 Å². The van der Waals surface area contributed by atoms with E-state index < -0.39 is 0 Å². The van der Waals surface area contributed by atoms with Gasteiger partial charge in [0, 0.05) is 25.2 Å². The van der Waals surface area contributed by atoms with Crippen LogP contribution in [0.3, 0.4) is 0 Å². The Morgan fingerprint density at radius 3 is 2.67 bits per heavy atom. The van der Waals surface area contributed by atoms with Crippen LogP contribution in [0.2, 0.25) is 0 Å². The lowest BCUT2D eigenvalue weighted by atomic mass is 10.00. The summed E-state index contributed by atoms with van der Waals surface area (Å²) >= 11 is 0. The Labute approximate surface area is 92.3 Å². The molecule has 0 amide bonds. The van der Waals surface area contributed by atoms with Gasteiger partial charge in [-0.25, -0.2) is 0 Å². The van der Waals surface area contributed by atoms with Gasteiger partial charge in [-0.1, -0.05) is 37.3 Å². The second kappa shape index (κ2) is 4.77. The van der Waals surface area contributed by atoms with Crippen LogP contribution in [0.4, 0.5) is 0 Å². The fraction of sp³-hybridized carbons (Fsp3) is 0.538. The van der Waals surface area contributed by atoms with Gasteiger partial charge in [-0.3, -0.25) is 4.90 Å². The second-order valence-electron chi connectivity index (χ2n) is 4.31. The first-order valence-electron chi connectivity index (χ1n) is 5.80. The Balaban J connectivity index is 2.15. The van der Waals surface area contributed by atoms with Gasteiger partial charge in [-0.15, -0.1) is 0 Å². The van der Waals surface area contributed by atoms with Crippen molar-refractivity contribution in [3.05, 3.63) is 35.9 Å². The minimum absolute atomic E-state index is 0.532. The first kappa shape index (κ1) is 10.7. The molecule has 1 aliphatic heterocycles. The van der Waals surface area contributed by atoms with Crippen molar-refractivity contribution < 1.29 is 0 Å². The molecule has 0 saturated carbocycles. The molecule has 0 aromatic heterocycles. The smallest absolute Gasteiger partial charge is 0.0473 e. The molecule has 0 bridgehead atoms. The lowest BCUT2D eigenvalue weighted by molar-refractivity contribution is 0.126. The molecule has 1 aromatic rings. The van der Waals surface area contributed by atoms with E-state index in [-0.39, 0.29) is 0 Å². The van der Waals surface area contributed by atoms with Crippen molar-refractivity contribution in [1.82, 2.24) is 10.2 Å². The highest BCUT2D eigenvalue weighted by atomic mass is 15.2. The Kier molecular flexibility index (Phi) is 3.39. The van der Waals surface area contributed by atoms with Crippen LogP contribution in [0.15, 0.2) is 30.3 Å². The van der Waals surface area contributed by atoms with Gasteiger partial charge in [-0.05, 0) is 19.0 Å². The molecule has 82 valence electrons. The van der Waals surface area contributed by atoms with Crippen molar-refractivity contribution in [3.63, 3.8) is 0 Å². The second-order valence-corrected chi connectivity index (χ2v) is 4.31. The van der Waals surface area contributed by atoms with Crippen LogP contribution in [-0.4, -0.2) is 31.1 Å². The first-order chi connectivity index (χ1) is 7.33. The van der Waals surface area contributed by atoms with Gasteiger partial charge in [-0.2, -0.15) is 0 Å². The molecule has 2 atom stereocenters. The summed E-state index contributed by atoms with van der Waals surface area (Å²) in [6.45, 7) is 4.45. The average molecular weight is 204 g/mol. The standard InChI is InChI=1S/C13H20N2/c1-3-12-9-14-10-13(15(12)2)11-7-5-4-6-8-11/h4-8,12-14H,3,9-10H2,1-2H3. The number of nitrogens with one attached hydrogen (secondary N) is 1.